The smallest absolute Gasteiger partial charge is 0.256 e. The van der Waals surface area contributed by atoms with Crippen LogP contribution >= 0.6 is 15.9 Å². The Morgan fingerprint density at radius 3 is 2.95 bits per heavy atom. The molecule has 2 rings (SSSR count). The van der Waals surface area contributed by atoms with Gasteiger partial charge in [0.2, 0.25) is 0 Å². The molecule has 1 aliphatic heterocycles. The zero-order valence-electron chi connectivity index (χ0n) is 11.9. The molecule has 1 amide bonds. The first kappa shape index (κ1) is 15.5. The molecular weight excluding hydrogens is 321 g/mol. The summed E-state index contributed by atoms with van der Waals surface area (Å²) in [6.07, 6.45) is 5.66. The normalized spacial score (nSPS) is 19.8. The van der Waals surface area contributed by atoms with Crippen LogP contribution in [0.3, 0.4) is 0 Å². The lowest BCUT2D eigenvalue weighted by Crippen LogP contribution is -2.32. The Bertz CT molecular complexity index is 478. The molecule has 0 bridgehead atoms. The van der Waals surface area contributed by atoms with Gasteiger partial charge in [0.15, 0.2) is 0 Å². The van der Waals surface area contributed by atoms with Crippen LogP contribution in [0, 0.1) is 11.7 Å². The highest BCUT2D eigenvalue weighted by Gasteiger charge is 2.23. The molecule has 0 N–H and O–H groups in total. The molecule has 1 unspecified atom stereocenters. The zero-order chi connectivity index (χ0) is 14.5. The second-order valence-corrected chi connectivity index (χ2v) is 6.33. The van der Waals surface area contributed by atoms with Gasteiger partial charge in [0.1, 0.15) is 5.82 Å². The number of carbonyl (C=O) groups excluding carboxylic acids is 1. The van der Waals surface area contributed by atoms with Gasteiger partial charge in [-0.25, -0.2) is 4.39 Å². The van der Waals surface area contributed by atoms with E-state index in [4.69, 9.17) is 0 Å². The molecule has 1 aromatic rings. The van der Waals surface area contributed by atoms with E-state index in [0.717, 1.165) is 25.9 Å². The summed E-state index contributed by atoms with van der Waals surface area (Å²) < 4.78 is 14.4. The predicted octanol–water partition coefficient (Wildman–Crippen LogP) is 4.63. The Labute approximate surface area is 128 Å². The summed E-state index contributed by atoms with van der Waals surface area (Å²) in [6.45, 7) is 3.69. The number of likely N-dealkylation sites (tertiary alicyclic amines) is 1. The molecule has 1 fully saturated rings. The van der Waals surface area contributed by atoms with Crippen molar-refractivity contribution in [2.75, 3.05) is 13.1 Å². The van der Waals surface area contributed by atoms with Gasteiger partial charge in [-0.2, -0.15) is 0 Å². The number of hydrogen-bond acceptors (Lipinski definition) is 1. The van der Waals surface area contributed by atoms with Gasteiger partial charge in [-0.3, -0.25) is 4.79 Å². The van der Waals surface area contributed by atoms with Crippen LogP contribution < -0.4 is 0 Å². The zero-order valence-corrected chi connectivity index (χ0v) is 13.5. The average molecular weight is 342 g/mol. The van der Waals surface area contributed by atoms with Gasteiger partial charge in [0.05, 0.1) is 10.0 Å². The fraction of sp³-hybridized carbons (Fsp3) is 0.562. The minimum Gasteiger partial charge on any atom is -0.339 e. The van der Waals surface area contributed by atoms with Crippen molar-refractivity contribution in [2.45, 2.75) is 39.0 Å². The molecule has 0 aromatic heterocycles. The molecule has 110 valence electrons. The van der Waals surface area contributed by atoms with Crippen LogP contribution in [0.4, 0.5) is 4.39 Å². The summed E-state index contributed by atoms with van der Waals surface area (Å²) in [4.78, 5) is 14.3. The van der Waals surface area contributed by atoms with Crippen LogP contribution in [0.15, 0.2) is 22.7 Å². The maximum Gasteiger partial charge on any atom is 0.256 e. The van der Waals surface area contributed by atoms with Crippen molar-refractivity contribution >= 4 is 21.8 Å². The van der Waals surface area contributed by atoms with E-state index in [1.54, 1.807) is 23.1 Å². The molecule has 1 saturated heterocycles. The Hall–Kier alpha value is -0.900. The number of benzene rings is 1. The van der Waals surface area contributed by atoms with E-state index in [2.05, 4.69) is 22.9 Å². The van der Waals surface area contributed by atoms with E-state index >= 15 is 0 Å². The third-order valence-electron chi connectivity index (χ3n) is 4.01. The van der Waals surface area contributed by atoms with E-state index in [0.29, 0.717) is 10.4 Å². The number of hydrogen-bond donors (Lipinski definition) is 0. The first-order valence-corrected chi connectivity index (χ1v) is 8.16. The summed E-state index contributed by atoms with van der Waals surface area (Å²) in [5, 5.41) is 0. The predicted molar refractivity (Wildman–Crippen MR) is 82.3 cm³/mol. The van der Waals surface area contributed by atoms with Crippen molar-refractivity contribution in [3.63, 3.8) is 0 Å². The van der Waals surface area contributed by atoms with Crippen LogP contribution in [0.2, 0.25) is 0 Å². The molecule has 1 aliphatic rings. The Kier molecular flexibility index (Phi) is 5.58. The van der Waals surface area contributed by atoms with E-state index < -0.39 is 5.82 Å². The molecule has 1 atom stereocenters. The topological polar surface area (TPSA) is 20.3 Å². The highest BCUT2D eigenvalue weighted by atomic mass is 79.9. The van der Waals surface area contributed by atoms with Gasteiger partial charge in [-0.05, 0) is 53.2 Å². The van der Waals surface area contributed by atoms with Crippen LogP contribution in [-0.4, -0.2) is 23.9 Å². The van der Waals surface area contributed by atoms with Gasteiger partial charge < -0.3 is 4.90 Å². The van der Waals surface area contributed by atoms with Crippen molar-refractivity contribution < 1.29 is 9.18 Å². The minimum absolute atomic E-state index is 0.174. The second-order valence-electron chi connectivity index (χ2n) is 5.48. The average Bonchev–Trinajstić information content (AvgIpc) is 2.67. The molecule has 0 spiro atoms. The Balaban J connectivity index is 2.07. The van der Waals surface area contributed by atoms with Gasteiger partial charge in [-0.1, -0.05) is 25.8 Å². The maximum absolute atomic E-state index is 14.0. The summed E-state index contributed by atoms with van der Waals surface area (Å²) >= 11 is 3.14. The number of rotatable bonds is 3. The van der Waals surface area contributed by atoms with Gasteiger partial charge >= 0.3 is 0 Å². The number of halogens is 2. The van der Waals surface area contributed by atoms with Crippen LogP contribution in [0.1, 0.15) is 49.4 Å². The first-order valence-electron chi connectivity index (χ1n) is 7.36. The summed E-state index contributed by atoms with van der Waals surface area (Å²) in [5.41, 5.74) is 0.174. The van der Waals surface area contributed by atoms with Gasteiger partial charge in [0.25, 0.3) is 5.91 Å². The molecule has 2 nitrogen and oxygen atoms in total. The highest BCUT2D eigenvalue weighted by molar-refractivity contribution is 9.10. The third kappa shape index (κ3) is 3.60. The van der Waals surface area contributed by atoms with Crippen LogP contribution in [0.5, 0.6) is 0 Å². The summed E-state index contributed by atoms with van der Waals surface area (Å²) in [6, 6.07) is 4.89. The number of carbonyl (C=O) groups is 1. The lowest BCUT2D eigenvalue weighted by molar-refractivity contribution is 0.0755. The Morgan fingerprint density at radius 1 is 1.40 bits per heavy atom. The van der Waals surface area contributed by atoms with Crippen molar-refractivity contribution in [1.29, 1.82) is 0 Å². The monoisotopic (exact) mass is 341 g/mol. The molecule has 0 saturated carbocycles. The quantitative estimate of drug-likeness (QED) is 0.784. The molecule has 4 heteroatoms. The highest BCUT2D eigenvalue weighted by Crippen LogP contribution is 2.24. The van der Waals surface area contributed by atoms with E-state index in [-0.39, 0.29) is 11.5 Å². The van der Waals surface area contributed by atoms with Crippen molar-refractivity contribution in [1.82, 2.24) is 4.90 Å². The fourth-order valence-corrected chi connectivity index (χ4v) is 3.27. The van der Waals surface area contributed by atoms with Crippen molar-refractivity contribution in [3.8, 4) is 0 Å². The molecule has 0 aliphatic carbocycles. The number of nitrogens with zero attached hydrogens (tertiary/aromatic N) is 1. The lowest BCUT2D eigenvalue weighted by atomic mass is 9.96. The van der Waals surface area contributed by atoms with E-state index in [1.807, 2.05) is 0 Å². The SMILES string of the molecule is CCCC1CCCN(C(=O)c2cccc(Br)c2F)CC1. The molecule has 0 radical (unpaired) electrons. The number of amides is 1. The lowest BCUT2D eigenvalue weighted by Gasteiger charge is -2.21. The van der Waals surface area contributed by atoms with Crippen molar-refractivity contribution in [2.24, 2.45) is 5.92 Å². The molecular formula is C16H21BrFNO. The van der Waals surface area contributed by atoms with Gasteiger partial charge in [0, 0.05) is 13.1 Å². The Morgan fingerprint density at radius 2 is 2.20 bits per heavy atom. The summed E-state index contributed by atoms with van der Waals surface area (Å²) in [5.74, 6) is 0.0814. The van der Waals surface area contributed by atoms with Crippen LogP contribution in [0.25, 0.3) is 0 Å². The van der Waals surface area contributed by atoms with E-state index in [1.165, 1.54) is 19.3 Å². The second kappa shape index (κ2) is 7.21. The third-order valence-corrected chi connectivity index (χ3v) is 4.63. The molecule has 1 aromatic carbocycles. The standard InChI is InChI=1S/C16H21BrFNO/c1-2-5-12-6-4-10-19(11-9-12)16(20)13-7-3-8-14(17)15(13)18/h3,7-8,12H,2,4-6,9-11H2,1H3. The fourth-order valence-electron chi connectivity index (χ4n) is 2.90. The largest absolute Gasteiger partial charge is 0.339 e. The van der Waals surface area contributed by atoms with Crippen LogP contribution in [-0.2, 0) is 0 Å². The van der Waals surface area contributed by atoms with Gasteiger partial charge in [-0.15, -0.1) is 0 Å². The first-order chi connectivity index (χ1) is 9.63. The molecule has 1 heterocycles. The van der Waals surface area contributed by atoms with Crippen molar-refractivity contribution in [3.05, 3.63) is 34.1 Å². The minimum atomic E-state index is -0.452. The van der Waals surface area contributed by atoms with E-state index in [9.17, 15) is 9.18 Å². The molecule has 20 heavy (non-hydrogen) atoms. The maximum atomic E-state index is 14.0. The summed E-state index contributed by atoms with van der Waals surface area (Å²) in [7, 11) is 0.